The molecular formula is C20H19FN6O2. The Hall–Kier alpha value is -3.23. The number of nitrogens with zero attached hydrogens (tertiary/aromatic N) is 5. The number of aromatic nitrogens is 4. The number of halogens is 1. The Morgan fingerprint density at radius 3 is 3.03 bits per heavy atom. The Morgan fingerprint density at radius 1 is 1.31 bits per heavy atom. The highest BCUT2D eigenvalue weighted by atomic mass is 19.1. The molecule has 1 spiro atoms. The molecule has 4 heterocycles. The van der Waals surface area contributed by atoms with Crippen LogP contribution in [0.15, 0.2) is 24.7 Å². The second kappa shape index (κ2) is 5.88. The summed E-state index contributed by atoms with van der Waals surface area (Å²) >= 11 is 0. The average molecular weight is 394 g/mol. The van der Waals surface area contributed by atoms with Crippen LogP contribution in [0.2, 0.25) is 0 Å². The van der Waals surface area contributed by atoms with E-state index in [0.717, 1.165) is 24.2 Å². The van der Waals surface area contributed by atoms with E-state index in [2.05, 4.69) is 20.5 Å². The maximum absolute atomic E-state index is 14.4. The van der Waals surface area contributed by atoms with Crippen molar-refractivity contribution < 1.29 is 13.9 Å². The number of carbonyl (C=O) groups excluding carboxylic acids is 1. The summed E-state index contributed by atoms with van der Waals surface area (Å²) in [6.45, 7) is 1.55. The molecule has 2 aromatic heterocycles. The maximum atomic E-state index is 14.4. The normalized spacial score (nSPS) is 19.1. The lowest BCUT2D eigenvalue weighted by Gasteiger charge is -2.18. The second-order valence-electron chi connectivity index (χ2n) is 8.10. The van der Waals surface area contributed by atoms with E-state index in [1.165, 1.54) is 6.07 Å². The third-order valence-corrected chi connectivity index (χ3v) is 6.25. The van der Waals surface area contributed by atoms with Crippen molar-refractivity contribution in [1.82, 2.24) is 19.6 Å². The summed E-state index contributed by atoms with van der Waals surface area (Å²) in [4.78, 5) is 18.8. The van der Waals surface area contributed by atoms with Gasteiger partial charge in [0.2, 0.25) is 11.9 Å². The van der Waals surface area contributed by atoms with E-state index in [-0.39, 0.29) is 23.7 Å². The molecule has 3 aliphatic rings. The van der Waals surface area contributed by atoms with Crippen LogP contribution in [0.3, 0.4) is 0 Å². The molecule has 3 aromatic rings. The van der Waals surface area contributed by atoms with Gasteiger partial charge in [0.25, 0.3) is 0 Å². The summed E-state index contributed by atoms with van der Waals surface area (Å²) in [6.07, 6.45) is 6.69. The minimum absolute atomic E-state index is 0.108. The lowest BCUT2D eigenvalue weighted by molar-refractivity contribution is -0.117. The van der Waals surface area contributed by atoms with E-state index in [9.17, 15) is 9.18 Å². The molecule has 1 aliphatic carbocycles. The monoisotopic (exact) mass is 394 g/mol. The molecule has 2 fully saturated rings. The summed E-state index contributed by atoms with van der Waals surface area (Å²) in [7, 11) is 0. The standard InChI is InChI=1S/C20H19FN6O2/c21-14-1-2-16-12(3-6-29-16)13(14)8-22-19-23-9-15(18-25-24-11-27(18)19)26-10-20(4-5-20)7-17(26)28/h1-2,9,11H,3-8,10H2,(H,22,23). The first-order chi connectivity index (χ1) is 14.1. The van der Waals surface area contributed by atoms with Crippen molar-refractivity contribution in [3.8, 4) is 5.75 Å². The molecule has 0 radical (unpaired) electrons. The fourth-order valence-corrected chi connectivity index (χ4v) is 4.43. The van der Waals surface area contributed by atoms with E-state index in [4.69, 9.17) is 4.74 Å². The number of hydrogen-bond acceptors (Lipinski definition) is 6. The molecular weight excluding hydrogens is 375 g/mol. The molecule has 9 heteroatoms. The number of ether oxygens (including phenoxy) is 1. The van der Waals surface area contributed by atoms with Crippen LogP contribution in [0.25, 0.3) is 5.65 Å². The summed E-state index contributed by atoms with van der Waals surface area (Å²) in [5.41, 5.74) is 2.86. The third-order valence-electron chi connectivity index (χ3n) is 6.25. The van der Waals surface area contributed by atoms with Crippen LogP contribution in [0.1, 0.15) is 30.4 Å². The molecule has 1 N–H and O–H groups in total. The van der Waals surface area contributed by atoms with Gasteiger partial charge in [0, 0.05) is 37.1 Å². The first-order valence-electron chi connectivity index (χ1n) is 9.80. The summed E-state index contributed by atoms with van der Waals surface area (Å²) in [5.74, 6) is 1.08. The summed E-state index contributed by atoms with van der Waals surface area (Å²) < 4.78 is 21.6. The average Bonchev–Trinajstić information content (AvgIpc) is 3.09. The molecule has 0 atom stereocenters. The van der Waals surface area contributed by atoms with Crippen LogP contribution in [0.5, 0.6) is 5.75 Å². The topological polar surface area (TPSA) is 84.7 Å². The van der Waals surface area contributed by atoms with Crippen LogP contribution < -0.4 is 15.0 Å². The number of anilines is 2. The predicted molar refractivity (Wildman–Crippen MR) is 102 cm³/mol. The summed E-state index contributed by atoms with van der Waals surface area (Å²) in [5, 5.41) is 11.4. The highest BCUT2D eigenvalue weighted by Crippen LogP contribution is 2.54. The van der Waals surface area contributed by atoms with Crippen molar-refractivity contribution in [2.24, 2.45) is 5.41 Å². The third kappa shape index (κ3) is 2.56. The second-order valence-corrected chi connectivity index (χ2v) is 8.10. The molecule has 148 valence electrons. The molecule has 0 bridgehead atoms. The minimum Gasteiger partial charge on any atom is -0.493 e. The molecule has 2 aliphatic heterocycles. The lowest BCUT2D eigenvalue weighted by atomic mass is 10.0. The lowest BCUT2D eigenvalue weighted by Crippen LogP contribution is -2.26. The zero-order valence-electron chi connectivity index (χ0n) is 15.7. The van der Waals surface area contributed by atoms with E-state index >= 15 is 0 Å². The molecule has 8 nitrogen and oxygen atoms in total. The van der Waals surface area contributed by atoms with E-state index in [0.29, 0.717) is 48.8 Å². The highest BCUT2D eigenvalue weighted by Gasteiger charge is 2.52. The van der Waals surface area contributed by atoms with Crippen molar-refractivity contribution in [2.75, 3.05) is 23.4 Å². The first kappa shape index (κ1) is 16.7. The Balaban J connectivity index is 1.31. The van der Waals surface area contributed by atoms with Gasteiger partial charge in [-0.1, -0.05) is 0 Å². The summed E-state index contributed by atoms with van der Waals surface area (Å²) in [6, 6.07) is 3.10. The Labute approximate surface area is 165 Å². The van der Waals surface area contributed by atoms with Gasteiger partial charge in [0.15, 0.2) is 5.65 Å². The van der Waals surface area contributed by atoms with Gasteiger partial charge >= 0.3 is 0 Å². The largest absolute Gasteiger partial charge is 0.493 e. The number of nitrogens with one attached hydrogen (secondary N) is 1. The first-order valence-corrected chi connectivity index (χ1v) is 9.80. The number of carbonyl (C=O) groups is 1. The van der Waals surface area contributed by atoms with Gasteiger partial charge in [-0.05, 0) is 30.4 Å². The SMILES string of the molecule is O=C1CC2(CC2)CN1c1cnc(NCc2c(F)ccc3c2CCO3)n2cnnc12. The van der Waals surface area contributed by atoms with Crippen LogP contribution in [0.4, 0.5) is 16.0 Å². The zero-order chi connectivity index (χ0) is 19.6. The van der Waals surface area contributed by atoms with Crippen LogP contribution >= 0.6 is 0 Å². The van der Waals surface area contributed by atoms with Crippen LogP contribution in [0, 0.1) is 11.2 Å². The molecule has 6 rings (SSSR count). The number of benzene rings is 1. The zero-order valence-corrected chi connectivity index (χ0v) is 15.7. The Kier molecular flexibility index (Phi) is 3.39. The fraction of sp³-hybridized carbons (Fsp3) is 0.400. The smallest absolute Gasteiger partial charge is 0.227 e. The molecule has 1 amide bonds. The quantitative estimate of drug-likeness (QED) is 0.731. The number of fused-ring (bicyclic) bond motifs is 2. The van der Waals surface area contributed by atoms with Crippen LogP contribution in [-0.2, 0) is 17.8 Å². The highest BCUT2D eigenvalue weighted by molar-refractivity contribution is 5.99. The van der Waals surface area contributed by atoms with Crippen molar-refractivity contribution in [3.63, 3.8) is 0 Å². The molecule has 1 aromatic carbocycles. The van der Waals surface area contributed by atoms with Crippen molar-refractivity contribution in [2.45, 2.75) is 32.2 Å². The Bertz CT molecular complexity index is 1160. The number of amides is 1. The predicted octanol–water partition coefficient (Wildman–Crippen LogP) is 2.33. The Morgan fingerprint density at radius 2 is 2.21 bits per heavy atom. The van der Waals surface area contributed by atoms with Gasteiger partial charge in [-0.15, -0.1) is 10.2 Å². The maximum Gasteiger partial charge on any atom is 0.227 e. The van der Waals surface area contributed by atoms with Gasteiger partial charge < -0.3 is 15.0 Å². The van der Waals surface area contributed by atoms with E-state index in [1.807, 2.05) is 0 Å². The number of hydrogen-bond donors (Lipinski definition) is 1. The van der Waals surface area contributed by atoms with Crippen molar-refractivity contribution >= 4 is 23.2 Å². The van der Waals surface area contributed by atoms with Crippen molar-refractivity contribution in [1.29, 1.82) is 0 Å². The van der Waals surface area contributed by atoms with Crippen molar-refractivity contribution in [3.05, 3.63) is 41.6 Å². The molecule has 0 unspecified atom stereocenters. The van der Waals surface area contributed by atoms with Gasteiger partial charge in [0.1, 0.15) is 23.6 Å². The molecule has 1 saturated heterocycles. The molecule has 29 heavy (non-hydrogen) atoms. The van der Waals surface area contributed by atoms with Gasteiger partial charge in [-0.2, -0.15) is 0 Å². The van der Waals surface area contributed by atoms with E-state index in [1.54, 1.807) is 27.9 Å². The van der Waals surface area contributed by atoms with Gasteiger partial charge in [-0.25, -0.2) is 13.8 Å². The fourth-order valence-electron chi connectivity index (χ4n) is 4.43. The van der Waals surface area contributed by atoms with Gasteiger partial charge in [-0.3, -0.25) is 4.79 Å². The number of rotatable bonds is 4. The van der Waals surface area contributed by atoms with Crippen LogP contribution in [-0.4, -0.2) is 38.6 Å². The minimum atomic E-state index is -0.268. The van der Waals surface area contributed by atoms with E-state index < -0.39 is 0 Å². The van der Waals surface area contributed by atoms with Gasteiger partial charge in [0.05, 0.1) is 12.8 Å². The molecule has 1 saturated carbocycles.